The van der Waals surface area contributed by atoms with E-state index >= 15 is 0 Å². The predicted molar refractivity (Wildman–Crippen MR) is 84.0 cm³/mol. The number of hydrogen-bond donors (Lipinski definition) is 1. The molecule has 1 saturated heterocycles. The Hall–Kier alpha value is -1.01. The van der Waals surface area contributed by atoms with Crippen LogP contribution in [0.3, 0.4) is 0 Å². The van der Waals surface area contributed by atoms with Crippen molar-refractivity contribution in [3.05, 3.63) is 22.6 Å². The van der Waals surface area contributed by atoms with Crippen LogP contribution in [-0.2, 0) is 11.3 Å². The van der Waals surface area contributed by atoms with Crippen LogP contribution >= 0.6 is 15.9 Å². The van der Waals surface area contributed by atoms with Gasteiger partial charge in [0.1, 0.15) is 11.4 Å². The topological polar surface area (TPSA) is 54.7 Å². The van der Waals surface area contributed by atoms with Crippen LogP contribution in [0.1, 0.15) is 33.0 Å². The van der Waals surface area contributed by atoms with E-state index in [1.165, 1.54) is 0 Å². The number of rotatable bonds is 4. The minimum atomic E-state index is -0.432. The van der Waals surface area contributed by atoms with Crippen molar-refractivity contribution < 1.29 is 13.9 Å². The fourth-order valence-electron chi connectivity index (χ4n) is 2.33. The van der Waals surface area contributed by atoms with Crippen LogP contribution in [0.4, 0.5) is 4.79 Å². The summed E-state index contributed by atoms with van der Waals surface area (Å²) in [7, 11) is 0. The Morgan fingerprint density at radius 2 is 2.33 bits per heavy atom. The molecular weight excluding hydrogens is 336 g/mol. The van der Waals surface area contributed by atoms with Gasteiger partial charge >= 0.3 is 6.09 Å². The third-order valence-corrected chi connectivity index (χ3v) is 4.05. The zero-order valence-corrected chi connectivity index (χ0v) is 14.4. The average Bonchev–Trinajstić information content (AvgIpc) is 2.97. The van der Waals surface area contributed by atoms with Gasteiger partial charge in [0.15, 0.2) is 0 Å². The average molecular weight is 359 g/mol. The second-order valence-electron chi connectivity index (χ2n) is 6.40. The molecule has 2 heterocycles. The number of carbonyl (C=O) groups excluding carboxylic acids is 1. The van der Waals surface area contributed by atoms with Crippen molar-refractivity contribution in [1.82, 2.24) is 10.2 Å². The van der Waals surface area contributed by atoms with E-state index < -0.39 is 5.60 Å². The minimum absolute atomic E-state index is 0.209. The molecule has 1 aliphatic rings. The molecule has 1 unspecified atom stereocenters. The van der Waals surface area contributed by atoms with Crippen LogP contribution in [0.15, 0.2) is 21.2 Å². The molecule has 1 aromatic heterocycles. The van der Waals surface area contributed by atoms with Crippen LogP contribution in [0.2, 0.25) is 0 Å². The number of amides is 1. The molecule has 0 aliphatic carbocycles. The highest BCUT2D eigenvalue weighted by Crippen LogP contribution is 2.20. The number of furan rings is 1. The second kappa shape index (κ2) is 6.83. The Balaban J connectivity index is 1.70. The fourth-order valence-corrected chi connectivity index (χ4v) is 2.67. The number of carbonyl (C=O) groups is 1. The molecule has 5 nitrogen and oxygen atoms in total. The SMILES string of the molecule is CC(C)(C)OC(=O)N1CCC(CNCc2occc2Br)C1. The quantitative estimate of drug-likeness (QED) is 0.896. The Morgan fingerprint density at radius 1 is 1.57 bits per heavy atom. The Morgan fingerprint density at radius 3 is 2.95 bits per heavy atom. The predicted octanol–water partition coefficient (Wildman–Crippen LogP) is 3.39. The zero-order chi connectivity index (χ0) is 15.5. The summed E-state index contributed by atoms with van der Waals surface area (Å²) < 4.78 is 11.7. The van der Waals surface area contributed by atoms with Crippen molar-refractivity contribution in [1.29, 1.82) is 0 Å². The maximum Gasteiger partial charge on any atom is 0.410 e. The van der Waals surface area contributed by atoms with E-state index in [1.54, 1.807) is 11.2 Å². The van der Waals surface area contributed by atoms with Crippen LogP contribution in [0.5, 0.6) is 0 Å². The summed E-state index contributed by atoms with van der Waals surface area (Å²) in [5, 5.41) is 3.38. The standard InChI is InChI=1S/C15H23BrN2O3/c1-15(2,3)21-14(19)18-6-4-11(10-18)8-17-9-13-12(16)5-7-20-13/h5,7,11,17H,4,6,8-10H2,1-3H3. The molecule has 1 N–H and O–H groups in total. The molecule has 0 bridgehead atoms. The van der Waals surface area contributed by atoms with Crippen molar-refractivity contribution in [2.45, 2.75) is 39.3 Å². The molecule has 1 amide bonds. The first-order valence-corrected chi connectivity index (χ1v) is 8.05. The number of likely N-dealkylation sites (tertiary alicyclic amines) is 1. The Labute approximate surface area is 134 Å². The summed E-state index contributed by atoms with van der Waals surface area (Å²) in [6.07, 6.45) is 2.46. The van der Waals surface area contributed by atoms with Gasteiger partial charge in [-0.05, 0) is 55.1 Å². The van der Waals surface area contributed by atoms with Gasteiger partial charge in [-0.2, -0.15) is 0 Å². The van der Waals surface area contributed by atoms with Crippen LogP contribution < -0.4 is 5.32 Å². The number of nitrogens with one attached hydrogen (secondary N) is 1. The normalized spacial score (nSPS) is 19.0. The lowest BCUT2D eigenvalue weighted by Crippen LogP contribution is -2.36. The number of halogens is 1. The van der Waals surface area contributed by atoms with Crippen LogP contribution in [0, 0.1) is 5.92 Å². The maximum absolute atomic E-state index is 12.0. The molecule has 0 saturated carbocycles. The van der Waals surface area contributed by atoms with E-state index in [2.05, 4.69) is 21.2 Å². The monoisotopic (exact) mass is 358 g/mol. The summed E-state index contributed by atoms with van der Waals surface area (Å²) in [5.74, 6) is 1.36. The Bertz CT molecular complexity index is 482. The summed E-state index contributed by atoms with van der Waals surface area (Å²) >= 11 is 3.43. The third kappa shape index (κ3) is 5.04. The highest BCUT2D eigenvalue weighted by molar-refractivity contribution is 9.10. The van der Waals surface area contributed by atoms with Gasteiger partial charge in [-0.1, -0.05) is 0 Å². The highest BCUT2D eigenvalue weighted by atomic mass is 79.9. The van der Waals surface area contributed by atoms with E-state index in [4.69, 9.17) is 9.15 Å². The smallest absolute Gasteiger partial charge is 0.410 e. The minimum Gasteiger partial charge on any atom is -0.467 e. The van der Waals surface area contributed by atoms with Crippen molar-refractivity contribution in [2.75, 3.05) is 19.6 Å². The van der Waals surface area contributed by atoms with Gasteiger partial charge < -0.3 is 19.4 Å². The van der Waals surface area contributed by atoms with Gasteiger partial charge in [0, 0.05) is 19.6 Å². The van der Waals surface area contributed by atoms with E-state index in [0.29, 0.717) is 12.5 Å². The molecule has 21 heavy (non-hydrogen) atoms. The van der Waals surface area contributed by atoms with E-state index in [9.17, 15) is 4.79 Å². The van der Waals surface area contributed by atoms with Crippen LogP contribution in [0.25, 0.3) is 0 Å². The van der Waals surface area contributed by atoms with Gasteiger partial charge in [-0.3, -0.25) is 0 Å². The second-order valence-corrected chi connectivity index (χ2v) is 7.26. The van der Waals surface area contributed by atoms with Gasteiger partial charge in [0.05, 0.1) is 17.3 Å². The molecule has 0 spiro atoms. The van der Waals surface area contributed by atoms with Gasteiger partial charge in [-0.25, -0.2) is 4.79 Å². The van der Waals surface area contributed by atoms with Gasteiger partial charge in [0.25, 0.3) is 0 Å². The molecule has 2 rings (SSSR count). The van der Waals surface area contributed by atoms with Crippen LogP contribution in [-0.4, -0.2) is 36.2 Å². The first kappa shape index (κ1) is 16.4. The number of nitrogens with zero attached hydrogens (tertiary/aromatic N) is 1. The van der Waals surface area contributed by atoms with Gasteiger partial charge in [0.2, 0.25) is 0 Å². The Kier molecular flexibility index (Phi) is 5.32. The first-order valence-electron chi connectivity index (χ1n) is 7.25. The lowest BCUT2D eigenvalue weighted by atomic mass is 10.1. The van der Waals surface area contributed by atoms with E-state index in [-0.39, 0.29) is 6.09 Å². The van der Waals surface area contributed by atoms with E-state index in [0.717, 1.165) is 36.3 Å². The maximum atomic E-state index is 12.0. The number of ether oxygens (including phenoxy) is 1. The molecule has 118 valence electrons. The first-order chi connectivity index (χ1) is 9.85. The van der Waals surface area contributed by atoms with Crippen molar-refractivity contribution in [3.8, 4) is 0 Å². The number of hydrogen-bond acceptors (Lipinski definition) is 4. The summed E-state index contributed by atoms with van der Waals surface area (Å²) in [4.78, 5) is 13.8. The molecule has 0 radical (unpaired) electrons. The van der Waals surface area contributed by atoms with Crippen molar-refractivity contribution in [3.63, 3.8) is 0 Å². The highest BCUT2D eigenvalue weighted by Gasteiger charge is 2.29. The molecule has 0 aromatic carbocycles. The van der Waals surface area contributed by atoms with Crippen molar-refractivity contribution >= 4 is 22.0 Å². The molecule has 1 aromatic rings. The fraction of sp³-hybridized carbons (Fsp3) is 0.667. The summed E-state index contributed by atoms with van der Waals surface area (Å²) in [6.45, 7) is 8.75. The molecule has 1 aliphatic heterocycles. The largest absolute Gasteiger partial charge is 0.467 e. The lowest BCUT2D eigenvalue weighted by Gasteiger charge is -2.24. The van der Waals surface area contributed by atoms with E-state index in [1.807, 2.05) is 26.8 Å². The van der Waals surface area contributed by atoms with Gasteiger partial charge in [-0.15, -0.1) is 0 Å². The lowest BCUT2D eigenvalue weighted by molar-refractivity contribution is 0.0288. The zero-order valence-electron chi connectivity index (χ0n) is 12.8. The molecule has 1 fully saturated rings. The third-order valence-electron chi connectivity index (χ3n) is 3.35. The molecule has 6 heteroatoms. The molecular formula is C15H23BrN2O3. The summed E-state index contributed by atoms with van der Waals surface area (Å²) in [6, 6.07) is 1.89. The molecule has 1 atom stereocenters. The summed E-state index contributed by atoms with van der Waals surface area (Å²) in [5.41, 5.74) is -0.432. The van der Waals surface area contributed by atoms with Crippen molar-refractivity contribution in [2.24, 2.45) is 5.92 Å².